The summed E-state index contributed by atoms with van der Waals surface area (Å²) >= 11 is -0.164. The number of carbonyl (C=O) groups excluding carboxylic acids is 1. The van der Waals surface area contributed by atoms with Gasteiger partial charge in [0.15, 0.2) is 0 Å². The van der Waals surface area contributed by atoms with Crippen molar-refractivity contribution in [2.75, 3.05) is 0 Å². The van der Waals surface area contributed by atoms with Gasteiger partial charge in [0, 0.05) is 0 Å². The van der Waals surface area contributed by atoms with Crippen LogP contribution < -0.4 is 24.8 Å². The monoisotopic (exact) mass is 224 g/mol. The first-order chi connectivity index (χ1) is 4.38. The maximum absolute atomic E-state index is 10.7. The van der Waals surface area contributed by atoms with Crippen LogP contribution >= 0.6 is 0 Å². The molecule has 58 valence electrons. The zero-order valence-corrected chi connectivity index (χ0v) is 8.75. The number of halogens is 2. The van der Waals surface area contributed by atoms with Crippen LogP contribution in [0.1, 0.15) is 6.42 Å². The van der Waals surface area contributed by atoms with Gasteiger partial charge in [-0.05, 0) is 0 Å². The molecule has 1 aliphatic heterocycles. The Bertz CT molecular complexity index is 222. The molecular weight excluding hydrogens is 219 g/mol. The summed E-state index contributed by atoms with van der Waals surface area (Å²) < 4.78 is 0.991. The van der Waals surface area contributed by atoms with Crippen molar-refractivity contribution < 1.29 is 48.8 Å². The van der Waals surface area contributed by atoms with Gasteiger partial charge in [-0.3, -0.25) is 0 Å². The van der Waals surface area contributed by atoms with Crippen molar-refractivity contribution in [3.05, 3.63) is 23.8 Å². The number of hydrogen-bond acceptors (Lipinski definition) is 1. The van der Waals surface area contributed by atoms with Crippen LogP contribution in [0.5, 0.6) is 0 Å². The van der Waals surface area contributed by atoms with Crippen molar-refractivity contribution in [2.45, 2.75) is 10.6 Å². The standard InChI is InChI=1S/C7H6O.2ClH.Ti/c8-6-5-7-3-1-2-4-7;;;/h1-3,5H,4H2;2*1H;/q;;;+2/p-2. The molecule has 0 saturated carbocycles. The third-order valence-corrected chi connectivity index (χ3v) is 3.48. The van der Waals surface area contributed by atoms with E-state index in [1.165, 1.54) is 5.57 Å². The third kappa shape index (κ3) is 2.45. The smallest absolute Gasteiger partial charge is 1.00 e. The van der Waals surface area contributed by atoms with Crippen molar-refractivity contribution in [3.8, 4) is 0 Å². The fourth-order valence-corrected chi connectivity index (χ4v) is 2.27. The second-order valence-electron chi connectivity index (χ2n) is 2.32. The van der Waals surface area contributed by atoms with E-state index in [-0.39, 0.29) is 44.0 Å². The summed E-state index contributed by atoms with van der Waals surface area (Å²) in [4.78, 5) is 10.7. The first-order valence-electron chi connectivity index (χ1n) is 3.04. The summed E-state index contributed by atoms with van der Waals surface area (Å²) in [7, 11) is 0. The molecule has 1 unspecified atom stereocenters. The molecule has 0 N–H and O–H groups in total. The maximum Gasteiger partial charge on any atom is -1.00 e. The number of carbonyl (C=O) groups is 1. The van der Waals surface area contributed by atoms with Gasteiger partial charge < -0.3 is 24.8 Å². The molecule has 1 saturated heterocycles. The normalized spacial score (nSPS) is 23.8. The van der Waals surface area contributed by atoms with Crippen LogP contribution in [0.3, 0.4) is 0 Å². The molecule has 0 aromatic rings. The Morgan fingerprint density at radius 2 is 2.09 bits per heavy atom. The van der Waals surface area contributed by atoms with Crippen LogP contribution in [0.15, 0.2) is 23.8 Å². The summed E-state index contributed by atoms with van der Waals surface area (Å²) in [6, 6.07) is 0. The SMILES string of the molecule is O=[C]1[Ti+2][CH]1C1=CC=CC1.[Cl-].[Cl-]. The van der Waals surface area contributed by atoms with E-state index < -0.39 is 0 Å². The van der Waals surface area contributed by atoms with E-state index in [2.05, 4.69) is 12.2 Å². The van der Waals surface area contributed by atoms with Gasteiger partial charge in [-0.25, -0.2) is 0 Å². The largest absolute Gasteiger partial charge is 1.00 e. The average Bonchev–Trinajstić information content (AvgIpc) is 2.44. The second kappa shape index (κ2) is 4.47. The first kappa shape index (κ1) is 11.4. The molecule has 0 spiro atoms. The van der Waals surface area contributed by atoms with Crippen molar-refractivity contribution in [3.63, 3.8) is 0 Å². The summed E-state index contributed by atoms with van der Waals surface area (Å²) in [6.07, 6.45) is 7.30. The van der Waals surface area contributed by atoms with Crippen LogP contribution in [-0.2, 0) is 23.9 Å². The van der Waals surface area contributed by atoms with E-state index in [9.17, 15) is 4.79 Å². The summed E-state index contributed by atoms with van der Waals surface area (Å²) in [6.45, 7) is 0. The molecule has 1 heterocycles. The molecular formula is C7H6Cl2OTi. The maximum atomic E-state index is 10.7. The zero-order chi connectivity index (χ0) is 6.27. The van der Waals surface area contributed by atoms with Crippen molar-refractivity contribution in [1.29, 1.82) is 0 Å². The molecule has 0 amide bonds. The Kier molecular flexibility index (Phi) is 4.65. The molecule has 0 bridgehead atoms. The predicted molar refractivity (Wildman–Crippen MR) is 30.6 cm³/mol. The Labute approximate surface area is 87.1 Å². The van der Waals surface area contributed by atoms with Gasteiger partial charge in [0.2, 0.25) is 0 Å². The van der Waals surface area contributed by atoms with Crippen molar-refractivity contribution in [1.82, 2.24) is 0 Å². The molecule has 0 radical (unpaired) electrons. The summed E-state index contributed by atoms with van der Waals surface area (Å²) in [5.41, 5.74) is 1.38. The van der Waals surface area contributed by atoms with Crippen LogP contribution in [0.2, 0.25) is 4.22 Å². The van der Waals surface area contributed by atoms with Crippen LogP contribution in [0, 0.1) is 0 Å². The van der Waals surface area contributed by atoms with Gasteiger partial charge in [-0.1, -0.05) is 0 Å². The van der Waals surface area contributed by atoms with Gasteiger partial charge >= 0.3 is 62.5 Å². The van der Waals surface area contributed by atoms with Gasteiger partial charge in [0.25, 0.3) is 0 Å². The van der Waals surface area contributed by atoms with Gasteiger partial charge in [0.05, 0.1) is 0 Å². The van der Waals surface area contributed by atoms with Gasteiger partial charge in [-0.15, -0.1) is 0 Å². The molecule has 0 aromatic heterocycles. The molecule has 2 rings (SSSR count). The predicted octanol–water partition coefficient (Wildman–Crippen LogP) is -4.71. The molecule has 2 aliphatic rings. The molecule has 4 heteroatoms. The van der Waals surface area contributed by atoms with Gasteiger partial charge in [-0.2, -0.15) is 0 Å². The van der Waals surface area contributed by atoms with E-state index in [4.69, 9.17) is 0 Å². The summed E-state index contributed by atoms with van der Waals surface area (Å²) in [5, 5.41) is 0. The van der Waals surface area contributed by atoms with E-state index in [0.29, 0.717) is 8.31 Å². The number of rotatable bonds is 1. The minimum absolute atomic E-state index is 0. The average molecular weight is 225 g/mol. The van der Waals surface area contributed by atoms with Crippen molar-refractivity contribution in [2.24, 2.45) is 0 Å². The molecule has 1 nitrogen and oxygen atoms in total. The fourth-order valence-electron chi connectivity index (χ4n) is 1.04. The van der Waals surface area contributed by atoms with E-state index in [0.717, 1.165) is 6.42 Å². The quantitative estimate of drug-likeness (QED) is 0.410. The number of hydrogen-bond donors (Lipinski definition) is 0. The van der Waals surface area contributed by atoms with E-state index >= 15 is 0 Å². The van der Waals surface area contributed by atoms with Crippen LogP contribution in [-0.4, -0.2) is 4.09 Å². The molecule has 0 aromatic carbocycles. The number of allylic oxidation sites excluding steroid dienone is 4. The van der Waals surface area contributed by atoms with Crippen molar-refractivity contribution >= 4 is 4.09 Å². The fraction of sp³-hybridized carbons (Fsp3) is 0.286. The Morgan fingerprint density at radius 3 is 2.45 bits per heavy atom. The Morgan fingerprint density at radius 1 is 1.45 bits per heavy atom. The topological polar surface area (TPSA) is 17.1 Å². The zero-order valence-electron chi connectivity index (χ0n) is 5.68. The Balaban J connectivity index is 0.000000500. The molecule has 1 atom stereocenters. The summed E-state index contributed by atoms with van der Waals surface area (Å²) in [5.74, 6) is 0. The minimum Gasteiger partial charge on any atom is -1.00 e. The van der Waals surface area contributed by atoms with Gasteiger partial charge in [0.1, 0.15) is 0 Å². The third-order valence-electron chi connectivity index (χ3n) is 1.64. The molecule has 1 aliphatic carbocycles. The first-order valence-corrected chi connectivity index (χ1v) is 4.72. The van der Waals surface area contributed by atoms with E-state index in [1.807, 2.05) is 6.08 Å². The van der Waals surface area contributed by atoms with E-state index in [1.54, 1.807) is 0 Å². The molecule has 1 fully saturated rings. The molecule has 11 heavy (non-hydrogen) atoms. The van der Waals surface area contributed by atoms with Crippen LogP contribution in [0.25, 0.3) is 0 Å². The second-order valence-corrected chi connectivity index (χ2v) is 4.44. The van der Waals surface area contributed by atoms with Crippen LogP contribution in [0.4, 0.5) is 0 Å². The Hall–Kier alpha value is 0.444. The minimum atomic E-state index is -0.164.